The Bertz CT molecular complexity index is 913. The number of ether oxygens (including phenoxy) is 1. The van der Waals surface area contributed by atoms with Crippen LogP contribution in [0.2, 0.25) is 5.02 Å². The normalized spacial score (nSPS) is 11.8. The lowest BCUT2D eigenvalue weighted by Crippen LogP contribution is -2.29. The highest BCUT2D eigenvalue weighted by Crippen LogP contribution is 2.23. The van der Waals surface area contributed by atoms with Crippen molar-refractivity contribution in [3.8, 4) is 17.1 Å². The van der Waals surface area contributed by atoms with Crippen LogP contribution in [0.4, 0.5) is 0 Å². The molecule has 1 aromatic heterocycles. The molecule has 8 heteroatoms. The summed E-state index contributed by atoms with van der Waals surface area (Å²) in [4.78, 5) is 17.1. The molecule has 1 amide bonds. The number of benzene rings is 2. The SMILES string of the molecule is COc1ccc(C(=O)N[C@@H](CCSC)c2nc(-c3ccc(Cl)cc3)no2)cc1. The Labute approximate surface area is 172 Å². The van der Waals surface area contributed by atoms with E-state index in [1.165, 1.54) is 0 Å². The molecule has 146 valence electrons. The first-order valence-corrected chi connectivity index (χ1v) is 10.4. The third-order valence-corrected chi connectivity index (χ3v) is 5.01. The zero-order chi connectivity index (χ0) is 19.9. The van der Waals surface area contributed by atoms with Crippen molar-refractivity contribution in [2.24, 2.45) is 0 Å². The fourth-order valence-electron chi connectivity index (χ4n) is 2.57. The van der Waals surface area contributed by atoms with E-state index in [1.807, 2.05) is 18.4 Å². The number of methoxy groups -OCH3 is 1. The second kappa shape index (κ2) is 9.61. The average molecular weight is 418 g/mol. The summed E-state index contributed by atoms with van der Waals surface area (Å²) < 4.78 is 10.6. The number of hydrogen-bond donors (Lipinski definition) is 1. The lowest BCUT2D eigenvalue weighted by atomic mass is 10.1. The molecule has 28 heavy (non-hydrogen) atoms. The van der Waals surface area contributed by atoms with Crippen LogP contribution in [0.25, 0.3) is 11.4 Å². The molecule has 2 aromatic carbocycles. The zero-order valence-electron chi connectivity index (χ0n) is 15.5. The smallest absolute Gasteiger partial charge is 0.251 e. The van der Waals surface area contributed by atoms with Crippen molar-refractivity contribution in [1.82, 2.24) is 15.5 Å². The van der Waals surface area contributed by atoms with E-state index in [1.54, 1.807) is 55.3 Å². The topological polar surface area (TPSA) is 77.2 Å². The molecule has 0 spiro atoms. The number of carbonyl (C=O) groups is 1. The molecule has 1 atom stereocenters. The van der Waals surface area contributed by atoms with E-state index in [4.69, 9.17) is 20.9 Å². The third kappa shape index (κ3) is 5.05. The summed E-state index contributed by atoms with van der Waals surface area (Å²) in [5.74, 6) is 2.16. The van der Waals surface area contributed by atoms with Crippen LogP contribution in [0.5, 0.6) is 5.75 Å². The Balaban J connectivity index is 1.77. The number of carbonyl (C=O) groups excluding carboxylic acids is 1. The van der Waals surface area contributed by atoms with Gasteiger partial charge in [0, 0.05) is 16.1 Å². The summed E-state index contributed by atoms with van der Waals surface area (Å²) in [5, 5.41) is 7.67. The summed E-state index contributed by atoms with van der Waals surface area (Å²) in [5.41, 5.74) is 1.33. The van der Waals surface area contributed by atoms with Crippen molar-refractivity contribution < 1.29 is 14.1 Å². The average Bonchev–Trinajstić information content (AvgIpc) is 3.21. The highest BCUT2D eigenvalue weighted by atomic mass is 35.5. The van der Waals surface area contributed by atoms with E-state index >= 15 is 0 Å². The first-order chi connectivity index (χ1) is 13.6. The van der Waals surface area contributed by atoms with Gasteiger partial charge in [-0.25, -0.2) is 0 Å². The van der Waals surface area contributed by atoms with E-state index in [-0.39, 0.29) is 11.9 Å². The molecular weight excluding hydrogens is 398 g/mol. The number of thioether (sulfide) groups is 1. The van der Waals surface area contributed by atoms with Gasteiger partial charge in [-0.15, -0.1) is 0 Å². The van der Waals surface area contributed by atoms with Crippen LogP contribution in [0, 0.1) is 0 Å². The third-order valence-electron chi connectivity index (χ3n) is 4.11. The van der Waals surface area contributed by atoms with Gasteiger partial charge in [0.05, 0.1) is 7.11 Å². The van der Waals surface area contributed by atoms with Gasteiger partial charge in [0.15, 0.2) is 0 Å². The molecule has 0 saturated heterocycles. The molecule has 0 aliphatic heterocycles. The largest absolute Gasteiger partial charge is 0.497 e. The second-order valence-electron chi connectivity index (χ2n) is 6.00. The molecule has 0 aliphatic rings. The van der Waals surface area contributed by atoms with Gasteiger partial charge in [-0.3, -0.25) is 4.79 Å². The molecule has 0 unspecified atom stereocenters. The Kier molecular flexibility index (Phi) is 6.95. The highest BCUT2D eigenvalue weighted by molar-refractivity contribution is 7.98. The van der Waals surface area contributed by atoms with Crippen LogP contribution in [-0.4, -0.2) is 35.2 Å². The second-order valence-corrected chi connectivity index (χ2v) is 7.42. The van der Waals surface area contributed by atoms with Crippen LogP contribution in [-0.2, 0) is 0 Å². The summed E-state index contributed by atoms with van der Waals surface area (Å²) in [6, 6.07) is 13.7. The van der Waals surface area contributed by atoms with E-state index in [2.05, 4.69) is 15.5 Å². The molecule has 3 aromatic rings. The van der Waals surface area contributed by atoms with Crippen LogP contribution in [0.15, 0.2) is 53.1 Å². The molecule has 0 fully saturated rings. The number of amides is 1. The Morgan fingerprint density at radius 1 is 1.21 bits per heavy atom. The molecule has 0 aliphatic carbocycles. The van der Waals surface area contributed by atoms with Crippen molar-refractivity contribution in [1.29, 1.82) is 0 Å². The minimum atomic E-state index is -0.379. The van der Waals surface area contributed by atoms with Crippen LogP contribution < -0.4 is 10.1 Å². The van der Waals surface area contributed by atoms with Gasteiger partial charge in [-0.2, -0.15) is 16.7 Å². The maximum absolute atomic E-state index is 12.6. The summed E-state index contributed by atoms with van der Waals surface area (Å²) in [6.07, 6.45) is 2.68. The number of aromatic nitrogens is 2. The maximum atomic E-state index is 12.6. The molecule has 0 bridgehead atoms. The van der Waals surface area contributed by atoms with Gasteiger partial charge < -0.3 is 14.6 Å². The van der Waals surface area contributed by atoms with E-state index in [0.717, 1.165) is 11.3 Å². The fraction of sp³-hybridized carbons (Fsp3) is 0.250. The standard InChI is InChI=1S/C20H20ClN3O3S/c1-26-16-9-5-14(6-10-16)19(25)22-17(11-12-28-2)20-23-18(24-27-20)13-3-7-15(21)8-4-13/h3-10,17H,11-12H2,1-2H3,(H,22,25)/t17-/m0/s1. The van der Waals surface area contributed by atoms with Crippen LogP contribution >= 0.6 is 23.4 Å². The quantitative estimate of drug-likeness (QED) is 0.576. The summed E-state index contributed by atoms with van der Waals surface area (Å²) in [6.45, 7) is 0. The zero-order valence-corrected chi connectivity index (χ0v) is 17.1. The van der Waals surface area contributed by atoms with Gasteiger partial charge in [0.1, 0.15) is 11.8 Å². The lowest BCUT2D eigenvalue weighted by Gasteiger charge is -2.14. The molecule has 0 radical (unpaired) electrons. The van der Waals surface area contributed by atoms with Crippen LogP contribution in [0.3, 0.4) is 0 Å². The van der Waals surface area contributed by atoms with E-state index in [9.17, 15) is 4.79 Å². The van der Waals surface area contributed by atoms with Gasteiger partial charge >= 0.3 is 0 Å². The number of nitrogens with one attached hydrogen (secondary N) is 1. The minimum Gasteiger partial charge on any atom is -0.497 e. The molecule has 6 nitrogen and oxygen atoms in total. The lowest BCUT2D eigenvalue weighted by molar-refractivity contribution is 0.0927. The van der Waals surface area contributed by atoms with Gasteiger partial charge in [0.25, 0.3) is 5.91 Å². The number of rotatable bonds is 8. The Morgan fingerprint density at radius 3 is 2.57 bits per heavy atom. The predicted molar refractivity (Wildman–Crippen MR) is 111 cm³/mol. The minimum absolute atomic E-state index is 0.208. The highest BCUT2D eigenvalue weighted by Gasteiger charge is 2.22. The molecule has 3 rings (SSSR count). The van der Waals surface area contributed by atoms with Gasteiger partial charge in [-0.05, 0) is 67.0 Å². The van der Waals surface area contributed by atoms with Gasteiger partial charge in [0.2, 0.25) is 11.7 Å². The van der Waals surface area contributed by atoms with Crippen LogP contribution in [0.1, 0.15) is 28.7 Å². The fourth-order valence-corrected chi connectivity index (χ4v) is 3.17. The van der Waals surface area contributed by atoms with Crippen molar-refractivity contribution in [2.45, 2.75) is 12.5 Å². The van der Waals surface area contributed by atoms with Crippen molar-refractivity contribution in [2.75, 3.05) is 19.1 Å². The first-order valence-electron chi connectivity index (χ1n) is 8.64. The number of halogens is 1. The van der Waals surface area contributed by atoms with Gasteiger partial charge in [-0.1, -0.05) is 16.8 Å². The summed E-state index contributed by atoms with van der Waals surface area (Å²) >= 11 is 7.61. The monoisotopic (exact) mass is 417 g/mol. The molecule has 0 saturated carbocycles. The Hall–Kier alpha value is -2.51. The first kappa shape index (κ1) is 20.2. The Morgan fingerprint density at radius 2 is 1.93 bits per heavy atom. The summed E-state index contributed by atoms with van der Waals surface area (Å²) in [7, 11) is 1.58. The molecule has 1 heterocycles. The molecular formula is C20H20ClN3O3S. The molecule has 1 N–H and O–H groups in total. The van der Waals surface area contributed by atoms with Crippen molar-refractivity contribution in [3.05, 3.63) is 65.0 Å². The number of nitrogens with zero attached hydrogens (tertiary/aromatic N) is 2. The van der Waals surface area contributed by atoms with Crippen molar-refractivity contribution in [3.63, 3.8) is 0 Å². The number of hydrogen-bond acceptors (Lipinski definition) is 6. The predicted octanol–water partition coefficient (Wildman–Crippen LogP) is 4.62. The van der Waals surface area contributed by atoms with E-state index in [0.29, 0.717) is 34.5 Å². The van der Waals surface area contributed by atoms with E-state index < -0.39 is 0 Å². The van der Waals surface area contributed by atoms with Crippen molar-refractivity contribution >= 4 is 29.3 Å². The maximum Gasteiger partial charge on any atom is 0.251 e.